The standard InChI is InChI=1S/C19H29N3O3S.ClH/c20-15-19(11-1-2-12-19)21-18(23)10-7-16-5-8-17(9-6-16)26(24,25)22-13-3-4-14-22;/h5-6,8-9H,1-4,7,10-15,20H2,(H,21,23);1H. The third-order valence-electron chi connectivity index (χ3n) is 5.62. The molecule has 1 aromatic carbocycles. The minimum absolute atomic E-state index is 0. The van der Waals surface area contributed by atoms with Gasteiger partial charge in [-0.15, -0.1) is 12.4 Å². The number of benzene rings is 1. The lowest BCUT2D eigenvalue weighted by molar-refractivity contribution is -0.122. The number of aryl methyl sites for hydroxylation is 1. The van der Waals surface area contributed by atoms with Gasteiger partial charge in [0.1, 0.15) is 0 Å². The molecule has 2 fully saturated rings. The van der Waals surface area contributed by atoms with E-state index in [0.29, 0.717) is 37.4 Å². The third kappa shape index (κ3) is 5.22. The number of amides is 1. The molecule has 0 spiro atoms. The van der Waals surface area contributed by atoms with Gasteiger partial charge in [0.25, 0.3) is 0 Å². The van der Waals surface area contributed by atoms with Crippen molar-refractivity contribution in [1.29, 1.82) is 0 Å². The molecular formula is C19H30ClN3O3S. The number of halogens is 1. The Labute approximate surface area is 168 Å². The Kier molecular flexibility index (Phi) is 7.68. The summed E-state index contributed by atoms with van der Waals surface area (Å²) in [6, 6.07) is 6.92. The van der Waals surface area contributed by atoms with Crippen LogP contribution in [0.4, 0.5) is 0 Å². The minimum atomic E-state index is -3.37. The van der Waals surface area contributed by atoms with Gasteiger partial charge in [0, 0.05) is 26.1 Å². The van der Waals surface area contributed by atoms with Crippen molar-refractivity contribution in [1.82, 2.24) is 9.62 Å². The molecule has 0 atom stereocenters. The van der Waals surface area contributed by atoms with Gasteiger partial charge in [-0.05, 0) is 49.8 Å². The topological polar surface area (TPSA) is 92.5 Å². The van der Waals surface area contributed by atoms with Crippen LogP contribution in [0.5, 0.6) is 0 Å². The number of rotatable bonds is 7. The van der Waals surface area contributed by atoms with E-state index in [9.17, 15) is 13.2 Å². The smallest absolute Gasteiger partial charge is 0.243 e. The number of nitrogens with zero attached hydrogens (tertiary/aromatic N) is 1. The van der Waals surface area contributed by atoms with E-state index in [-0.39, 0.29) is 23.9 Å². The fourth-order valence-corrected chi connectivity index (χ4v) is 5.47. The quantitative estimate of drug-likeness (QED) is 0.714. The normalized spacial score (nSPS) is 19.6. The fraction of sp³-hybridized carbons (Fsp3) is 0.632. The van der Waals surface area contributed by atoms with Crippen LogP contribution in [-0.4, -0.2) is 43.8 Å². The molecule has 0 unspecified atom stereocenters. The first-order chi connectivity index (χ1) is 12.5. The second-order valence-electron chi connectivity index (χ2n) is 7.49. The van der Waals surface area contributed by atoms with Crippen molar-refractivity contribution < 1.29 is 13.2 Å². The van der Waals surface area contributed by atoms with E-state index in [1.54, 1.807) is 16.4 Å². The third-order valence-corrected chi connectivity index (χ3v) is 7.54. The molecule has 0 bridgehead atoms. The number of carbonyl (C=O) groups is 1. The molecule has 8 heteroatoms. The zero-order valence-corrected chi connectivity index (χ0v) is 17.3. The molecular weight excluding hydrogens is 386 g/mol. The Morgan fingerprint density at radius 2 is 1.67 bits per heavy atom. The Bertz CT molecular complexity index is 725. The SMILES string of the molecule is Cl.NCC1(NC(=O)CCc2ccc(S(=O)(=O)N3CCCC3)cc2)CCCC1. The lowest BCUT2D eigenvalue weighted by Gasteiger charge is -2.28. The van der Waals surface area contributed by atoms with Crippen molar-refractivity contribution >= 4 is 28.3 Å². The highest BCUT2D eigenvalue weighted by molar-refractivity contribution is 7.89. The zero-order valence-electron chi connectivity index (χ0n) is 15.7. The first-order valence-electron chi connectivity index (χ1n) is 9.55. The number of nitrogens with one attached hydrogen (secondary N) is 1. The summed E-state index contributed by atoms with van der Waals surface area (Å²) < 4.78 is 26.6. The highest BCUT2D eigenvalue weighted by Crippen LogP contribution is 2.28. The van der Waals surface area contributed by atoms with E-state index in [4.69, 9.17) is 5.73 Å². The molecule has 2 aliphatic rings. The monoisotopic (exact) mass is 415 g/mol. The maximum atomic E-state index is 12.5. The maximum Gasteiger partial charge on any atom is 0.243 e. The lowest BCUT2D eigenvalue weighted by atomic mass is 9.97. The van der Waals surface area contributed by atoms with Crippen LogP contribution in [0.3, 0.4) is 0 Å². The molecule has 27 heavy (non-hydrogen) atoms. The molecule has 1 saturated carbocycles. The predicted octanol–water partition coefficient (Wildman–Crippen LogP) is 2.21. The highest BCUT2D eigenvalue weighted by Gasteiger charge is 2.33. The largest absolute Gasteiger partial charge is 0.349 e. The van der Waals surface area contributed by atoms with Crippen LogP contribution in [0.15, 0.2) is 29.2 Å². The molecule has 0 radical (unpaired) electrons. The van der Waals surface area contributed by atoms with Gasteiger partial charge in [-0.1, -0.05) is 25.0 Å². The molecule has 1 aliphatic carbocycles. The number of nitrogens with two attached hydrogens (primary N) is 1. The Hall–Kier alpha value is -1.15. The summed E-state index contributed by atoms with van der Waals surface area (Å²) in [5.74, 6) is 0.0196. The van der Waals surface area contributed by atoms with E-state index >= 15 is 0 Å². The van der Waals surface area contributed by atoms with Gasteiger partial charge in [-0.3, -0.25) is 4.79 Å². The summed E-state index contributed by atoms with van der Waals surface area (Å²) >= 11 is 0. The maximum absolute atomic E-state index is 12.5. The van der Waals surface area contributed by atoms with Crippen molar-refractivity contribution in [3.8, 4) is 0 Å². The Morgan fingerprint density at radius 1 is 1.07 bits per heavy atom. The van der Waals surface area contributed by atoms with Crippen molar-refractivity contribution in [2.24, 2.45) is 5.73 Å². The molecule has 152 valence electrons. The van der Waals surface area contributed by atoms with Crippen LogP contribution in [0.1, 0.15) is 50.5 Å². The second kappa shape index (κ2) is 9.37. The van der Waals surface area contributed by atoms with Gasteiger partial charge in [-0.25, -0.2) is 8.42 Å². The van der Waals surface area contributed by atoms with Gasteiger partial charge in [0.15, 0.2) is 0 Å². The Morgan fingerprint density at radius 3 is 2.22 bits per heavy atom. The molecule has 6 nitrogen and oxygen atoms in total. The van der Waals surface area contributed by atoms with Crippen molar-refractivity contribution in [2.45, 2.75) is 61.8 Å². The lowest BCUT2D eigenvalue weighted by Crippen LogP contribution is -2.51. The summed E-state index contributed by atoms with van der Waals surface area (Å²) in [7, 11) is -3.37. The molecule has 3 N–H and O–H groups in total. The van der Waals surface area contributed by atoms with Gasteiger partial charge in [0.2, 0.25) is 15.9 Å². The Balaban J connectivity index is 0.00000261. The van der Waals surface area contributed by atoms with E-state index in [0.717, 1.165) is 44.1 Å². The van der Waals surface area contributed by atoms with Crippen LogP contribution < -0.4 is 11.1 Å². The van der Waals surface area contributed by atoms with Gasteiger partial charge < -0.3 is 11.1 Å². The number of hydrogen-bond acceptors (Lipinski definition) is 4. The molecule has 1 aliphatic heterocycles. The van der Waals surface area contributed by atoms with Crippen LogP contribution in [0, 0.1) is 0 Å². The second-order valence-corrected chi connectivity index (χ2v) is 9.43. The molecule has 1 amide bonds. The molecule has 1 aromatic rings. The molecule has 3 rings (SSSR count). The van der Waals surface area contributed by atoms with Crippen LogP contribution in [-0.2, 0) is 21.2 Å². The number of hydrogen-bond donors (Lipinski definition) is 2. The summed E-state index contributed by atoms with van der Waals surface area (Å²) in [5, 5.41) is 3.12. The molecule has 1 saturated heterocycles. The fourth-order valence-electron chi connectivity index (χ4n) is 3.95. The number of carbonyl (C=O) groups excluding carboxylic acids is 1. The van der Waals surface area contributed by atoms with E-state index in [2.05, 4.69) is 5.32 Å². The highest BCUT2D eigenvalue weighted by atomic mass is 35.5. The van der Waals surface area contributed by atoms with Crippen LogP contribution in [0.2, 0.25) is 0 Å². The number of sulfonamides is 1. The van der Waals surface area contributed by atoms with Gasteiger partial charge in [0.05, 0.1) is 10.4 Å². The van der Waals surface area contributed by atoms with Crippen molar-refractivity contribution in [2.75, 3.05) is 19.6 Å². The summed E-state index contributed by atoms with van der Waals surface area (Å²) in [6.07, 6.45) is 6.98. The zero-order chi connectivity index (χ0) is 18.6. The predicted molar refractivity (Wildman–Crippen MR) is 108 cm³/mol. The van der Waals surface area contributed by atoms with E-state index in [1.807, 2.05) is 12.1 Å². The van der Waals surface area contributed by atoms with Crippen molar-refractivity contribution in [3.05, 3.63) is 29.8 Å². The summed E-state index contributed by atoms with van der Waals surface area (Å²) in [5.41, 5.74) is 6.61. The first kappa shape index (κ1) is 22.1. The molecule has 0 aromatic heterocycles. The average molecular weight is 416 g/mol. The minimum Gasteiger partial charge on any atom is -0.349 e. The summed E-state index contributed by atoms with van der Waals surface area (Å²) in [4.78, 5) is 12.6. The first-order valence-corrected chi connectivity index (χ1v) is 11.0. The van der Waals surface area contributed by atoms with Crippen LogP contribution >= 0.6 is 12.4 Å². The van der Waals surface area contributed by atoms with Crippen LogP contribution in [0.25, 0.3) is 0 Å². The summed E-state index contributed by atoms with van der Waals surface area (Å²) in [6.45, 7) is 1.70. The van der Waals surface area contributed by atoms with E-state index in [1.165, 1.54) is 0 Å². The van der Waals surface area contributed by atoms with Crippen molar-refractivity contribution in [3.63, 3.8) is 0 Å². The molecule has 1 heterocycles. The average Bonchev–Trinajstić information content (AvgIpc) is 3.33. The van der Waals surface area contributed by atoms with E-state index < -0.39 is 10.0 Å². The van der Waals surface area contributed by atoms with Gasteiger partial charge in [-0.2, -0.15) is 4.31 Å². The van der Waals surface area contributed by atoms with Gasteiger partial charge >= 0.3 is 0 Å².